The minimum Gasteiger partial charge on any atom is -0.487 e. The van der Waals surface area contributed by atoms with Crippen molar-refractivity contribution in [1.29, 1.82) is 0 Å². The number of piperazine rings is 1. The summed E-state index contributed by atoms with van der Waals surface area (Å²) in [7, 11) is -1.18. The summed E-state index contributed by atoms with van der Waals surface area (Å²) < 4.78 is 23.9. The van der Waals surface area contributed by atoms with E-state index in [9.17, 15) is 9.00 Å². The fourth-order valence-electron chi connectivity index (χ4n) is 5.08. The highest BCUT2D eigenvalue weighted by Gasteiger charge is 2.37. The van der Waals surface area contributed by atoms with E-state index in [1.54, 1.807) is 0 Å². The van der Waals surface area contributed by atoms with Gasteiger partial charge < -0.3 is 30.3 Å². The number of primary amides is 1. The normalized spacial score (nSPS) is 22.8. The van der Waals surface area contributed by atoms with Crippen molar-refractivity contribution in [2.75, 3.05) is 53.7 Å². The number of amides is 1. The lowest BCUT2D eigenvalue weighted by Crippen LogP contribution is -2.58. The minimum atomic E-state index is -1.18. The Balaban J connectivity index is 1.23. The van der Waals surface area contributed by atoms with Crippen molar-refractivity contribution >= 4 is 34.5 Å². The summed E-state index contributed by atoms with van der Waals surface area (Å²) in [5.74, 6) is 4.08. The number of carbonyl (C=O) groups is 1. The Hall–Kier alpha value is -3.15. The van der Waals surface area contributed by atoms with Crippen LogP contribution in [0.15, 0.2) is 17.2 Å². The molecule has 3 N–H and O–H groups in total. The highest BCUT2D eigenvalue weighted by molar-refractivity contribution is 7.85. The number of rotatable bonds is 6. The van der Waals surface area contributed by atoms with Crippen LogP contribution in [-0.2, 0) is 22.0 Å². The first kappa shape index (κ1) is 23.3. The lowest BCUT2D eigenvalue weighted by molar-refractivity contribution is 0.138. The maximum Gasteiger partial charge on any atom is 0.404 e. The van der Waals surface area contributed by atoms with Crippen LogP contribution in [0.4, 0.5) is 22.4 Å². The number of nitrogens with zero attached hydrogens (tertiary/aromatic N) is 5. The van der Waals surface area contributed by atoms with E-state index in [2.05, 4.69) is 21.2 Å². The predicted molar refractivity (Wildman–Crippen MR) is 135 cm³/mol. The van der Waals surface area contributed by atoms with Crippen molar-refractivity contribution in [3.05, 3.63) is 23.5 Å². The van der Waals surface area contributed by atoms with Crippen molar-refractivity contribution < 1.29 is 18.5 Å². The molecule has 4 aliphatic rings. The van der Waals surface area contributed by atoms with Gasteiger partial charge in [0.25, 0.3) is 0 Å². The van der Waals surface area contributed by atoms with Crippen molar-refractivity contribution in [2.45, 2.75) is 55.5 Å². The Labute approximate surface area is 212 Å². The molecule has 12 heteroatoms. The second-order valence-electron chi connectivity index (χ2n) is 10.5. The fraction of sp³-hybridized carbons (Fsp3) is 0.583. The van der Waals surface area contributed by atoms with E-state index < -0.39 is 22.4 Å². The molecule has 2 unspecified atom stereocenters. The second-order valence-corrected chi connectivity index (χ2v) is 12.0. The molecule has 2 fully saturated rings. The zero-order chi connectivity index (χ0) is 25.0. The van der Waals surface area contributed by atoms with E-state index >= 15 is 0 Å². The molecule has 3 aliphatic heterocycles. The van der Waals surface area contributed by atoms with Gasteiger partial charge in [-0.25, -0.2) is 14.8 Å². The second kappa shape index (κ2) is 8.75. The van der Waals surface area contributed by atoms with Gasteiger partial charge in [-0.15, -0.1) is 0 Å². The molecule has 1 saturated carbocycles. The Kier molecular flexibility index (Phi) is 5.66. The Morgan fingerprint density at radius 1 is 1.33 bits per heavy atom. The van der Waals surface area contributed by atoms with Gasteiger partial charge >= 0.3 is 6.09 Å². The fourth-order valence-corrected chi connectivity index (χ4v) is 6.38. The summed E-state index contributed by atoms with van der Waals surface area (Å²) >= 11 is 0. The van der Waals surface area contributed by atoms with E-state index in [1.807, 2.05) is 20.0 Å². The van der Waals surface area contributed by atoms with Gasteiger partial charge in [0.05, 0.1) is 28.1 Å². The molecular weight excluding hydrogens is 482 g/mol. The number of aromatic nitrogens is 3. The van der Waals surface area contributed by atoms with E-state index in [-0.39, 0.29) is 12.6 Å². The number of hydrogen-bond donors (Lipinski definition) is 2. The number of anilines is 3. The molecule has 1 aliphatic carbocycles. The average Bonchev–Trinajstić information content (AvgIpc) is 3.64. The van der Waals surface area contributed by atoms with Gasteiger partial charge in [0.2, 0.25) is 5.95 Å². The van der Waals surface area contributed by atoms with E-state index in [4.69, 9.17) is 30.2 Å². The molecule has 2 aromatic heterocycles. The third-order valence-electron chi connectivity index (χ3n) is 7.08. The standard InChI is InChI=1S/C24H31N7O4S/c1-24(2,13-35-22(25)32)29-20-19-17(5-8-36(19)33)27-23(28-20)30-6-7-31-16(11-30)12-34-18-9-15(14-3-4-14)10-26-21(18)31/h9-10,14,16H,3-8,11-13H2,1-2H3,(H2,25,32)(H,27,28,29). The zero-order valence-electron chi connectivity index (χ0n) is 20.5. The van der Waals surface area contributed by atoms with Crippen molar-refractivity contribution in [3.8, 4) is 5.75 Å². The summed E-state index contributed by atoms with van der Waals surface area (Å²) in [6.07, 6.45) is 4.27. The van der Waals surface area contributed by atoms with Crippen LogP contribution in [-0.4, -0.2) is 75.4 Å². The Morgan fingerprint density at radius 2 is 2.17 bits per heavy atom. The van der Waals surface area contributed by atoms with Gasteiger partial charge in [-0.05, 0) is 44.2 Å². The van der Waals surface area contributed by atoms with E-state index in [0.29, 0.717) is 47.9 Å². The first-order valence-electron chi connectivity index (χ1n) is 12.4. The number of fused-ring (bicyclic) bond motifs is 4. The summed E-state index contributed by atoms with van der Waals surface area (Å²) in [5.41, 5.74) is 6.56. The molecule has 36 heavy (non-hydrogen) atoms. The topological polar surface area (TPSA) is 136 Å². The van der Waals surface area contributed by atoms with Gasteiger partial charge in [-0.2, -0.15) is 4.98 Å². The van der Waals surface area contributed by atoms with Crippen LogP contribution in [0.2, 0.25) is 0 Å². The molecule has 11 nitrogen and oxygen atoms in total. The van der Waals surface area contributed by atoms with Crippen LogP contribution >= 0.6 is 0 Å². The lowest BCUT2D eigenvalue weighted by atomic mass is 10.1. The molecule has 6 rings (SSSR count). The summed E-state index contributed by atoms with van der Waals surface area (Å²) in [6.45, 7) is 6.59. The summed E-state index contributed by atoms with van der Waals surface area (Å²) in [4.78, 5) is 30.6. The molecule has 192 valence electrons. The van der Waals surface area contributed by atoms with Gasteiger partial charge in [0.15, 0.2) is 11.6 Å². The third-order valence-corrected chi connectivity index (χ3v) is 8.54. The molecular formula is C24H31N7O4S. The van der Waals surface area contributed by atoms with Gasteiger partial charge in [0.1, 0.15) is 23.9 Å². The van der Waals surface area contributed by atoms with Crippen LogP contribution in [0.3, 0.4) is 0 Å². The van der Waals surface area contributed by atoms with E-state index in [1.165, 1.54) is 18.4 Å². The monoisotopic (exact) mass is 513 g/mol. The first-order valence-corrected chi connectivity index (χ1v) is 13.7. The van der Waals surface area contributed by atoms with Crippen molar-refractivity contribution in [3.63, 3.8) is 0 Å². The van der Waals surface area contributed by atoms with Gasteiger partial charge in [0, 0.05) is 38.0 Å². The van der Waals surface area contributed by atoms with Crippen LogP contribution in [0, 0.1) is 0 Å². The van der Waals surface area contributed by atoms with Crippen LogP contribution < -0.4 is 25.6 Å². The SMILES string of the molecule is CC(C)(COC(N)=O)Nc1nc(N2CCN3c4ncc(C5CC5)cc4OCC3C2)nc2c1S(=O)CC2. The third kappa shape index (κ3) is 4.42. The molecule has 1 amide bonds. The highest BCUT2D eigenvalue weighted by atomic mass is 32.2. The van der Waals surface area contributed by atoms with Gasteiger partial charge in [-0.1, -0.05) is 0 Å². The lowest BCUT2D eigenvalue weighted by Gasteiger charge is -2.44. The smallest absolute Gasteiger partial charge is 0.404 e. The average molecular weight is 514 g/mol. The molecule has 0 spiro atoms. The number of pyridine rings is 1. The number of nitrogens with two attached hydrogens (primary N) is 1. The molecule has 0 bridgehead atoms. The molecule has 2 atom stereocenters. The van der Waals surface area contributed by atoms with Crippen molar-refractivity contribution in [1.82, 2.24) is 15.0 Å². The number of carbonyl (C=O) groups excluding carboxylic acids is 1. The maximum atomic E-state index is 12.7. The van der Waals surface area contributed by atoms with Crippen LogP contribution in [0.1, 0.15) is 43.9 Å². The zero-order valence-corrected chi connectivity index (χ0v) is 21.3. The Bertz CT molecular complexity index is 1240. The molecule has 1 saturated heterocycles. The quantitative estimate of drug-likeness (QED) is 0.588. The van der Waals surface area contributed by atoms with Gasteiger partial charge in [-0.3, -0.25) is 4.21 Å². The van der Waals surface area contributed by atoms with E-state index in [0.717, 1.165) is 30.4 Å². The summed E-state index contributed by atoms with van der Waals surface area (Å²) in [6, 6.07) is 2.29. The van der Waals surface area contributed by atoms with Crippen molar-refractivity contribution in [2.24, 2.45) is 5.73 Å². The molecule has 0 radical (unpaired) electrons. The number of nitrogens with one attached hydrogen (secondary N) is 1. The predicted octanol–water partition coefficient (Wildman–Crippen LogP) is 1.79. The molecule has 0 aromatic carbocycles. The highest BCUT2D eigenvalue weighted by Crippen LogP contribution is 2.43. The maximum absolute atomic E-state index is 12.7. The summed E-state index contributed by atoms with van der Waals surface area (Å²) in [5, 5.41) is 3.32. The number of aryl methyl sites for hydroxylation is 1. The first-order chi connectivity index (χ1) is 17.3. The minimum absolute atomic E-state index is 0.0516. The number of hydrogen-bond acceptors (Lipinski definition) is 10. The number of ether oxygens (including phenoxy) is 2. The molecule has 5 heterocycles. The van der Waals surface area contributed by atoms with Crippen LogP contribution in [0.5, 0.6) is 5.75 Å². The Morgan fingerprint density at radius 3 is 2.94 bits per heavy atom. The van der Waals surface area contributed by atoms with Crippen LogP contribution in [0.25, 0.3) is 0 Å². The molecule has 2 aromatic rings. The largest absolute Gasteiger partial charge is 0.487 e.